The van der Waals surface area contributed by atoms with Crippen molar-refractivity contribution >= 4 is 17.5 Å². The number of hydrogen-bond donors (Lipinski definition) is 2. The van der Waals surface area contributed by atoms with Crippen molar-refractivity contribution in [1.82, 2.24) is 5.32 Å². The summed E-state index contributed by atoms with van der Waals surface area (Å²) in [5.74, 6) is -0.151. The first-order valence-electron chi connectivity index (χ1n) is 7.55. The molecule has 0 bridgehead atoms. The number of amides is 2. The molecule has 0 aromatic heterocycles. The highest BCUT2D eigenvalue weighted by Gasteiger charge is 2.19. The monoisotopic (exact) mass is 288 g/mol. The third-order valence-corrected chi connectivity index (χ3v) is 4.04. The summed E-state index contributed by atoms with van der Waals surface area (Å²) in [4.78, 5) is 23.3. The van der Waals surface area contributed by atoms with Gasteiger partial charge in [0.2, 0.25) is 5.91 Å². The predicted molar refractivity (Wildman–Crippen MR) is 79.3 cm³/mol. The number of fused-ring (bicyclic) bond motifs is 1. The van der Waals surface area contributed by atoms with Crippen molar-refractivity contribution < 1.29 is 14.3 Å². The molecule has 112 valence electrons. The Morgan fingerprint density at radius 1 is 1.33 bits per heavy atom. The molecule has 5 nitrogen and oxygen atoms in total. The van der Waals surface area contributed by atoms with Crippen molar-refractivity contribution in [2.24, 2.45) is 0 Å². The van der Waals surface area contributed by atoms with Gasteiger partial charge in [0, 0.05) is 17.8 Å². The Bertz CT molecular complexity index is 550. The molecule has 1 aliphatic heterocycles. The number of rotatable bonds is 5. The molecule has 3 rings (SSSR count). The van der Waals surface area contributed by atoms with Crippen molar-refractivity contribution in [3.05, 3.63) is 29.3 Å². The summed E-state index contributed by atoms with van der Waals surface area (Å²) in [7, 11) is 0. The first-order chi connectivity index (χ1) is 10.2. The number of ether oxygens (including phenoxy) is 1. The molecule has 0 spiro atoms. The summed E-state index contributed by atoms with van der Waals surface area (Å²) in [5.41, 5.74) is 2.26. The molecule has 5 heteroatoms. The van der Waals surface area contributed by atoms with Gasteiger partial charge >= 0.3 is 0 Å². The van der Waals surface area contributed by atoms with Crippen molar-refractivity contribution in [2.45, 2.75) is 38.2 Å². The van der Waals surface area contributed by atoms with Crippen LogP contribution in [0.4, 0.5) is 5.69 Å². The fourth-order valence-electron chi connectivity index (χ4n) is 2.90. The van der Waals surface area contributed by atoms with Gasteiger partial charge in [-0.2, -0.15) is 0 Å². The van der Waals surface area contributed by atoms with Gasteiger partial charge in [-0.1, -0.05) is 18.9 Å². The molecule has 1 heterocycles. The standard InChI is InChI=1S/C16H20N2O3/c19-15-10-11-5-6-12(9-14(11)18-15)16(20)17-7-8-21-13-3-1-2-4-13/h5-6,9,13H,1-4,7-8,10H2,(H,17,20)(H,18,19). The molecule has 2 amide bonds. The Morgan fingerprint density at radius 2 is 2.14 bits per heavy atom. The molecule has 1 aliphatic carbocycles. The van der Waals surface area contributed by atoms with E-state index >= 15 is 0 Å². The van der Waals surface area contributed by atoms with Crippen LogP contribution in [0.15, 0.2) is 18.2 Å². The van der Waals surface area contributed by atoms with Gasteiger partial charge in [-0.3, -0.25) is 9.59 Å². The summed E-state index contributed by atoms with van der Waals surface area (Å²) in [5, 5.41) is 5.60. The Hall–Kier alpha value is -1.88. The summed E-state index contributed by atoms with van der Waals surface area (Å²) >= 11 is 0. The van der Waals surface area contributed by atoms with Crippen molar-refractivity contribution in [3.63, 3.8) is 0 Å². The third-order valence-electron chi connectivity index (χ3n) is 4.04. The molecule has 2 aliphatic rings. The minimum Gasteiger partial charge on any atom is -0.376 e. The lowest BCUT2D eigenvalue weighted by molar-refractivity contribution is -0.115. The predicted octanol–water partition coefficient (Wildman–Crippen LogP) is 1.87. The average Bonchev–Trinajstić information content (AvgIpc) is 3.10. The molecule has 1 fully saturated rings. The van der Waals surface area contributed by atoms with Gasteiger partial charge in [0.1, 0.15) is 0 Å². The SMILES string of the molecule is O=C1Cc2ccc(C(=O)NCCOC3CCCC3)cc2N1. The Balaban J connectivity index is 1.47. The van der Waals surface area contributed by atoms with E-state index in [1.165, 1.54) is 12.8 Å². The fraction of sp³-hybridized carbons (Fsp3) is 0.500. The van der Waals surface area contributed by atoms with Crippen LogP contribution in [0.2, 0.25) is 0 Å². The zero-order valence-electron chi connectivity index (χ0n) is 12.0. The van der Waals surface area contributed by atoms with Crippen LogP contribution in [0.3, 0.4) is 0 Å². The van der Waals surface area contributed by atoms with Crippen LogP contribution in [0.25, 0.3) is 0 Å². The van der Waals surface area contributed by atoms with Gasteiger partial charge in [0.05, 0.1) is 19.1 Å². The van der Waals surface area contributed by atoms with Crippen LogP contribution in [0, 0.1) is 0 Å². The van der Waals surface area contributed by atoms with Crippen molar-refractivity contribution in [3.8, 4) is 0 Å². The molecule has 0 atom stereocenters. The van der Waals surface area contributed by atoms with E-state index in [1.807, 2.05) is 6.07 Å². The topological polar surface area (TPSA) is 67.4 Å². The summed E-state index contributed by atoms with van der Waals surface area (Å²) < 4.78 is 5.71. The van der Waals surface area contributed by atoms with Crippen LogP contribution < -0.4 is 10.6 Å². The minimum atomic E-state index is -0.131. The highest BCUT2D eigenvalue weighted by molar-refractivity contribution is 6.02. The normalized spacial score (nSPS) is 17.6. The van der Waals surface area contributed by atoms with E-state index in [9.17, 15) is 9.59 Å². The molecule has 2 N–H and O–H groups in total. The van der Waals surface area contributed by atoms with Gasteiger partial charge in [-0.25, -0.2) is 0 Å². The zero-order valence-corrected chi connectivity index (χ0v) is 12.0. The summed E-state index contributed by atoms with van der Waals surface area (Å²) in [6.07, 6.45) is 5.54. The lowest BCUT2D eigenvalue weighted by Gasteiger charge is -2.11. The Kier molecular flexibility index (Phi) is 4.20. The zero-order chi connectivity index (χ0) is 14.7. The van der Waals surface area contributed by atoms with Gasteiger partial charge in [0.25, 0.3) is 5.91 Å². The number of carbonyl (C=O) groups is 2. The molecule has 1 aromatic carbocycles. The number of hydrogen-bond acceptors (Lipinski definition) is 3. The van der Waals surface area contributed by atoms with Crippen LogP contribution in [0.1, 0.15) is 41.6 Å². The number of carbonyl (C=O) groups excluding carboxylic acids is 2. The van der Waals surface area contributed by atoms with Crippen LogP contribution >= 0.6 is 0 Å². The van der Waals surface area contributed by atoms with Gasteiger partial charge in [0.15, 0.2) is 0 Å². The highest BCUT2D eigenvalue weighted by atomic mass is 16.5. The Morgan fingerprint density at radius 3 is 2.95 bits per heavy atom. The highest BCUT2D eigenvalue weighted by Crippen LogP contribution is 2.24. The quantitative estimate of drug-likeness (QED) is 0.813. The second kappa shape index (κ2) is 6.26. The minimum absolute atomic E-state index is 0.0208. The molecule has 1 saturated carbocycles. The largest absolute Gasteiger partial charge is 0.376 e. The molecule has 0 radical (unpaired) electrons. The second-order valence-electron chi connectivity index (χ2n) is 5.63. The van der Waals surface area contributed by atoms with E-state index in [0.717, 1.165) is 24.1 Å². The lowest BCUT2D eigenvalue weighted by atomic mass is 10.1. The first kappa shape index (κ1) is 14.1. The molecule has 1 aromatic rings. The van der Waals surface area contributed by atoms with Gasteiger partial charge in [-0.05, 0) is 30.5 Å². The lowest BCUT2D eigenvalue weighted by Crippen LogP contribution is -2.28. The maximum Gasteiger partial charge on any atom is 0.251 e. The summed E-state index contributed by atoms with van der Waals surface area (Å²) in [6.45, 7) is 1.07. The molecule has 0 saturated heterocycles. The molecular weight excluding hydrogens is 268 g/mol. The van der Waals surface area contributed by atoms with Crippen LogP contribution in [-0.2, 0) is 16.0 Å². The maximum absolute atomic E-state index is 12.0. The number of benzene rings is 1. The van der Waals surface area contributed by atoms with Crippen molar-refractivity contribution in [2.75, 3.05) is 18.5 Å². The number of nitrogens with one attached hydrogen (secondary N) is 2. The molecule has 0 unspecified atom stereocenters. The Labute approximate surface area is 124 Å². The van der Waals surface area contributed by atoms with E-state index in [4.69, 9.17) is 4.74 Å². The first-order valence-corrected chi connectivity index (χ1v) is 7.55. The van der Waals surface area contributed by atoms with E-state index in [1.54, 1.807) is 12.1 Å². The number of anilines is 1. The fourth-order valence-corrected chi connectivity index (χ4v) is 2.90. The second-order valence-corrected chi connectivity index (χ2v) is 5.63. The maximum atomic E-state index is 12.0. The van der Waals surface area contributed by atoms with E-state index in [-0.39, 0.29) is 11.8 Å². The average molecular weight is 288 g/mol. The molecule has 21 heavy (non-hydrogen) atoms. The van der Waals surface area contributed by atoms with Gasteiger partial charge < -0.3 is 15.4 Å². The van der Waals surface area contributed by atoms with Crippen LogP contribution in [0.5, 0.6) is 0 Å². The third kappa shape index (κ3) is 3.42. The van der Waals surface area contributed by atoms with Gasteiger partial charge in [-0.15, -0.1) is 0 Å². The van der Waals surface area contributed by atoms with Crippen LogP contribution in [-0.4, -0.2) is 31.1 Å². The summed E-state index contributed by atoms with van der Waals surface area (Å²) in [6, 6.07) is 5.32. The smallest absolute Gasteiger partial charge is 0.251 e. The van der Waals surface area contributed by atoms with E-state index < -0.39 is 0 Å². The van der Waals surface area contributed by atoms with Crippen molar-refractivity contribution in [1.29, 1.82) is 0 Å². The molecular formula is C16H20N2O3. The van der Waals surface area contributed by atoms with E-state index in [0.29, 0.717) is 31.2 Å². The van der Waals surface area contributed by atoms with E-state index in [2.05, 4.69) is 10.6 Å².